The minimum atomic E-state index is -0.672. The van der Waals surface area contributed by atoms with Gasteiger partial charge in [-0.2, -0.15) is 5.10 Å². The molecule has 158 valence electrons. The third-order valence-corrected chi connectivity index (χ3v) is 5.64. The monoisotopic (exact) mass is 414 g/mol. The van der Waals surface area contributed by atoms with Gasteiger partial charge in [0, 0.05) is 17.1 Å². The quantitative estimate of drug-likeness (QED) is 0.515. The van der Waals surface area contributed by atoms with E-state index in [0.717, 1.165) is 33.6 Å². The summed E-state index contributed by atoms with van der Waals surface area (Å²) in [6.45, 7) is 7.70. The predicted molar refractivity (Wildman–Crippen MR) is 124 cm³/mol. The van der Waals surface area contributed by atoms with Crippen LogP contribution in [0.1, 0.15) is 36.2 Å². The van der Waals surface area contributed by atoms with E-state index in [-0.39, 0.29) is 11.5 Å². The number of nitrogens with zero attached hydrogens (tertiary/aromatic N) is 3. The lowest BCUT2D eigenvalue weighted by molar-refractivity contribution is -0.119. The zero-order chi connectivity index (χ0) is 22.1. The van der Waals surface area contributed by atoms with E-state index >= 15 is 0 Å². The number of carbonyl (C=O) groups excluding carboxylic acids is 1. The van der Waals surface area contributed by atoms with E-state index in [0.29, 0.717) is 12.1 Å². The third-order valence-electron chi connectivity index (χ3n) is 5.64. The van der Waals surface area contributed by atoms with Gasteiger partial charge >= 0.3 is 0 Å². The van der Waals surface area contributed by atoms with Crippen LogP contribution in [0.3, 0.4) is 0 Å². The van der Waals surface area contributed by atoms with Crippen molar-refractivity contribution in [2.45, 2.75) is 40.2 Å². The number of hydrogen-bond acceptors (Lipinski definition) is 3. The van der Waals surface area contributed by atoms with Crippen LogP contribution in [-0.2, 0) is 4.79 Å². The molecule has 4 aromatic rings. The molecule has 0 saturated carbocycles. The molecule has 1 N–H and O–H groups in total. The fourth-order valence-electron chi connectivity index (χ4n) is 4.10. The Bertz CT molecular complexity index is 1320. The molecule has 31 heavy (non-hydrogen) atoms. The molecule has 1 unspecified atom stereocenters. The third kappa shape index (κ3) is 3.65. The molecule has 6 heteroatoms. The molecular formula is C25H26N4O2. The first-order valence-electron chi connectivity index (χ1n) is 10.5. The maximum absolute atomic E-state index is 13.3. The smallest absolute Gasteiger partial charge is 0.253 e. The summed E-state index contributed by atoms with van der Waals surface area (Å²) in [7, 11) is 0. The molecule has 4 rings (SSSR count). The molecule has 1 atom stereocenters. The molecule has 0 radical (unpaired) electrons. The molecule has 0 spiro atoms. The summed E-state index contributed by atoms with van der Waals surface area (Å²) in [5.41, 5.74) is 4.65. The Kier molecular flexibility index (Phi) is 5.46. The summed E-state index contributed by atoms with van der Waals surface area (Å²) in [6, 6.07) is 18.2. The second-order valence-corrected chi connectivity index (χ2v) is 7.80. The zero-order valence-electron chi connectivity index (χ0n) is 18.2. The summed E-state index contributed by atoms with van der Waals surface area (Å²) < 4.78 is 3.35. The lowest BCUT2D eigenvalue weighted by Gasteiger charge is -2.21. The molecule has 0 bridgehead atoms. The Labute approximate surface area is 181 Å². The average molecular weight is 415 g/mol. The number of pyridine rings is 1. The molecule has 1 amide bonds. The number of hydrogen-bond donors (Lipinski definition) is 1. The van der Waals surface area contributed by atoms with Crippen LogP contribution in [0.25, 0.3) is 16.7 Å². The Morgan fingerprint density at radius 2 is 1.68 bits per heavy atom. The van der Waals surface area contributed by atoms with Crippen LogP contribution >= 0.6 is 0 Å². The fraction of sp³-hybridized carbons (Fsp3) is 0.240. The number of para-hydroxylation sites is 2. The zero-order valence-corrected chi connectivity index (χ0v) is 18.2. The number of benzene rings is 2. The van der Waals surface area contributed by atoms with Crippen molar-refractivity contribution < 1.29 is 4.79 Å². The second kappa shape index (κ2) is 8.22. The molecular weight excluding hydrogens is 388 g/mol. The van der Waals surface area contributed by atoms with Gasteiger partial charge in [-0.05, 0) is 56.5 Å². The molecule has 0 fully saturated rings. The fourth-order valence-corrected chi connectivity index (χ4v) is 4.10. The second-order valence-electron chi connectivity index (χ2n) is 7.80. The van der Waals surface area contributed by atoms with Crippen LogP contribution in [0.5, 0.6) is 0 Å². The normalized spacial score (nSPS) is 12.1. The maximum Gasteiger partial charge on any atom is 0.253 e. The molecule has 0 aliphatic rings. The molecule has 0 saturated heterocycles. The first-order valence-corrected chi connectivity index (χ1v) is 10.5. The first-order chi connectivity index (χ1) is 14.9. The van der Waals surface area contributed by atoms with E-state index in [1.54, 1.807) is 15.3 Å². The standard InChI is InChI=1S/C25H26N4O2/c1-5-21(24(31)26-20-14-10-9-11-16(20)2)28-22(30)15-17(3)23-18(4)27-29(25(23)28)19-12-7-6-8-13-19/h6-15,21H,5H2,1-4H3,(H,26,31). The van der Waals surface area contributed by atoms with Gasteiger partial charge in [-0.3, -0.25) is 14.2 Å². The minimum Gasteiger partial charge on any atom is -0.324 e. The summed E-state index contributed by atoms with van der Waals surface area (Å²) in [5, 5.41) is 8.62. The van der Waals surface area contributed by atoms with Crippen molar-refractivity contribution >= 4 is 22.6 Å². The minimum absolute atomic E-state index is 0.214. The van der Waals surface area contributed by atoms with Crippen molar-refractivity contribution in [3.63, 3.8) is 0 Å². The number of amides is 1. The van der Waals surface area contributed by atoms with Gasteiger partial charge in [0.2, 0.25) is 5.91 Å². The van der Waals surface area contributed by atoms with Crippen LogP contribution in [0.15, 0.2) is 65.5 Å². The molecule has 6 nitrogen and oxygen atoms in total. The summed E-state index contributed by atoms with van der Waals surface area (Å²) in [4.78, 5) is 26.5. The summed E-state index contributed by atoms with van der Waals surface area (Å²) in [5.74, 6) is -0.220. The van der Waals surface area contributed by atoms with Crippen molar-refractivity contribution in [2.75, 3.05) is 5.32 Å². The first kappa shape index (κ1) is 20.6. The molecule has 2 aromatic carbocycles. The van der Waals surface area contributed by atoms with Crippen molar-refractivity contribution in [3.05, 3.63) is 87.8 Å². The van der Waals surface area contributed by atoms with Crippen molar-refractivity contribution in [1.82, 2.24) is 14.3 Å². The highest BCUT2D eigenvalue weighted by Crippen LogP contribution is 2.27. The lowest BCUT2D eigenvalue weighted by Crippen LogP contribution is -2.34. The number of rotatable bonds is 5. The van der Waals surface area contributed by atoms with E-state index in [2.05, 4.69) is 5.32 Å². The highest BCUT2D eigenvalue weighted by molar-refractivity contribution is 5.95. The number of anilines is 1. The van der Waals surface area contributed by atoms with Gasteiger partial charge in [0.25, 0.3) is 5.56 Å². The molecule has 2 aromatic heterocycles. The topological polar surface area (TPSA) is 68.9 Å². The number of aryl methyl sites for hydroxylation is 3. The van der Waals surface area contributed by atoms with Crippen LogP contribution in [0.2, 0.25) is 0 Å². The number of nitrogens with one attached hydrogen (secondary N) is 1. The van der Waals surface area contributed by atoms with Crippen LogP contribution in [-0.4, -0.2) is 20.3 Å². The van der Waals surface area contributed by atoms with Crippen LogP contribution in [0, 0.1) is 20.8 Å². The predicted octanol–water partition coefficient (Wildman–Crippen LogP) is 4.70. The number of aromatic nitrogens is 3. The molecule has 0 aliphatic heterocycles. The number of carbonyl (C=O) groups is 1. The van der Waals surface area contributed by atoms with Gasteiger partial charge in [-0.1, -0.05) is 43.3 Å². The average Bonchev–Trinajstić information content (AvgIpc) is 3.10. The van der Waals surface area contributed by atoms with E-state index in [1.165, 1.54) is 0 Å². The van der Waals surface area contributed by atoms with Gasteiger partial charge < -0.3 is 5.32 Å². The van der Waals surface area contributed by atoms with Crippen LogP contribution < -0.4 is 10.9 Å². The lowest BCUT2D eigenvalue weighted by atomic mass is 10.1. The summed E-state index contributed by atoms with van der Waals surface area (Å²) >= 11 is 0. The van der Waals surface area contributed by atoms with E-state index in [1.807, 2.05) is 82.3 Å². The largest absolute Gasteiger partial charge is 0.324 e. The van der Waals surface area contributed by atoms with Crippen molar-refractivity contribution in [3.8, 4) is 5.69 Å². The van der Waals surface area contributed by atoms with Gasteiger partial charge in [0.15, 0.2) is 0 Å². The van der Waals surface area contributed by atoms with E-state index < -0.39 is 6.04 Å². The van der Waals surface area contributed by atoms with Crippen molar-refractivity contribution in [1.29, 1.82) is 0 Å². The Morgan fingerprint density at radius 3 is 2.35 bits per heavy atom. The van der Waals surface area contributed by atoms with Crippen molar-refractivity contribution in [2.24, 2.45) is 0 Å². The highest BCUT2D eigenvalue weighted by atomic mass is 16.2. The Morgan fingerprint density at radius 1 is 1.00 bits per heavy atom. The Balaban J connectivity index is 1.92. The molecule has 2 heterocycles. The van der Waals surface area contributed by atoms with Gasteiger partial charge in [0.05, 0.1) is 11.4 Å². The van der Waals surface area contributed by atoms with Gasteiger partial charge in [-0.15, -0.1) is 0 Å². The van der Waals surface area contributed by atoms with Gasteiger partial charge in [0.1, 0.15) is 11.7 Å². The maximum atomic E-state index is 13.3. The van der Waals surface area contributed by atoms with E-state index in [9.17, 15) is 9.59 Å². The van der Waals surface area contributed by atoms with E-state index in [4.69, 9.17) is 5.10 Å². The Hall–Kier alpha value is -3.67. The van der Waals surface area contributed by atoms with Crippen LogP contribution in [0.4, 0.5) is 5.69 Å². The summed E-state index contributed by atoms with van der Waals surface area (Å²) in [6.07, 6.45) is 0.467. The number of fused-ring (bicyclic) bond motifs is 1. The molecule has 0 aliphatic carbocycles. The highest BCUT2D eigenvalue weighted by Gasteiger charge is 2.26. The van der Waals surface area contributed by atoms with Gasteiger partial charge in [-0.25, -0.2) is 4.68 Å². The SMILES string of the molecule is CCC(C(=O)Nc1ccccc1C)n1c(=O)cc(C)c2c(C)nn(-c3ccccc3)c21.